The first-order valence-electron chi connectivity index (χ1n) is 5.76. The Morgan fingerprint density at radius 1 is 1.35 bits per heavy atom. The fraction of sp³-hybridized carbons (Fsp3) is 0.462. The highest BCUT2D eigenvalue weighted by Crippen LogP contribution is 2.36. The molecule has 17 heavy (non-hydrogen) atoms. The number of rotatable bonds is 5. The van der Waals surface area contributed by atoms with Crippen LogP contribution in [0.1, 0.15) is 36.5 Å². The van der Waals surface area contributed by atoms with Gasteiger partial charge in [0.05, 0.1) is 16.7 Å². The molecule has 1 fully saturated rings. The maximum absolute atomic E-state index is 12.0. The lowest BCUT2D eigenvalue weighted by molar-refractivity contribution is 0.0976. The van der Waals surface area contributed by atoms with Gasteiger partial charge in [0.15, 0.2) is 5.78 Å². The normalized spacial score (nSPS) is 14.8. The van der Waals surface area contributed by atoms with E-state index in [4.69, 9.17) is 27.9 Å². The van der Waals surface area contributed by atoms with E-state index in [1.54, 1.807) is 12.1 Å². The molecular formula is C13H14Cl2O2. The van der Waals surface area contributed by atoms with Crippen LogP contribution in [0, 0.1) is 5.92 Å². The number of hydrogen-bond donors (Lipinski definition) is 0. The quantitative estimate of drug-likeness (QED) is 0.744. The smallest absolute Gasteiger partial charge is 0.164 e. The Labute approximate surface area is 111 Å². The van der Waals surface area contributed by atoms with E-state index in [0.29, 0.717) is 40.3 Å². The van der Waals surface area contributed by atoms with Crippen LogP contribution in [-0.2, 0) is 0 Å². The fourth-order valence-electron chi connectivity index (χ4n) is 1.70. The van der Waals surface area contributed by atoms with Crippen LogP contribution < -0.4 is 4.74 Å². The van der Waals surface area contributed by atoms with Gasteiger partial charge in [-0.2, -0.15) is 0 Å². The molecule has 1 aliphatic carbocycles. The zero-order chi connectivity index (χ0) is 12.4. The van der Waals surface area contributed by atoms with E-state index in [0.717, 1.165) is 12.8 Å². The fourth-order valence-corrected chi connectivity index (χ4v) is 2.18. The number of halogens is 2. The predicted molar refractivity (Wildman–Crippen MR) is 69.3 cm³/mol. The highest BCUT2D eigenvalue weighted by Gasteiger charge is 2.26. The Hall–Kier alpha value is -0.730. The topological polar surface area (TPSA) is 26.3 Å². The molecule has 0 aromatic heterocycles. The van der Waals surface area contributed by atoms with E-state index in [9.17, 15) is 4.79 Å². The van der Waals surface area contributed by atoms with Crippen molar-refractivity contribution in [2.45, 2.75) is 26.2 Å². The van der Waals surface area contributed by atoms with Crippen LogP contribution in [-0.4, -0.2) is 12.4 Å². The summed E-state index contributed by atoms with van der Waals surface area (Å²) >= 11 is 12.1. The number of Topliss-reactive ketones (excluding diaryl/α,β-unsaturated/α-hetero) is 1. The Kier molecular flexibility index (Phi) is 3.95. The first-order valence-corrected chi connectivity index (χ1v) is 6.52. The summed E-state index contributed by atoms with van der Waals surface area (Å²) in [6, 6.07) is 3.23. The van der Waals surface area contributed by atoms with E-state index < -0.39 is 0 Å². The van der Waals surface area contributed by atoms with Crippen LogP contribution in [0.4, 0.5) is 0 Å². The average molecular weight is 273 g/mol. The van der Waals surface area contributed by atoms with Gasteiger partial charge in [0.25, 0.3) is 0 Å². The Morgan fingerprint density at radius 3 is 2.65 bits per heavy atom. The van der Waals surface area contributed by atoms with Gasteiger partial charge in [-0.05, 0) is 31.7 Å². The lowest BCUT2D eigenvalue weighted by atomic mass is 10.1. The maximum Gasteiger partial charge on any atom is 0.164 e. The van der Waals surface area contributed by atoms with E-state index in [1.165, 1.54) is 0 Å². The highest BCUT2D eigenvalue weighted by molar-refractivity contribution is 6.36. The minimum atomic E-state index is 0.0717. The molecule has 0 atom stereocenters. The maximum atomic E-state index is 12.0. The molecule has 0 bridgehead atoms. The molecule has 0 unspecified atom stereocenters. The zero-order valence-electron chi connectivity index (χ0n) is 9.63. The summed E-state index contributed by atoms with van der Waals surface area (Å²) in [4.78, 5) is 12.0. The third-order valence-electron chi connectivity index (χ3n) is 2.79. The van der Waals surface area contributed by atoms with Gasteiger partial charge in [0.2, 0.25) is 0 Å². The third kappa shape index (κ3) is 3.14. The third-order valence-corrected chi connectivity index (χ3v) is 3.40. The zero-order valence-corrected chi connectivity index (χ0v) is 11.1. The van der Waals surface area contributed by atoms with Crippen LogP contribution in [0.5, 0.6) is 5.75 Å². The molecule has 0 spiro atoms. The average Bonchev–Trinajstić information content (AvgIpc) is 3.07. The lowest BCUT2D eigenvalue weighted by Crippen LogP contribution is -2.02. The number of ketones is 1. The molecule has 2 nitrogen and oxygen atoms in total. The largest absolute Gasteiger partial charge is 0.492 e. The predicted octanol–water partition coefficient (Wildman–Crippen LogP) is 4.37. The molecule has 4 heteroatoms. The molecule has 1 aromatic carbocycles. The second-order valence-electron chi connectivity index (χ2n) is 4.27. The van der Waals surface area contributed by atoms with Crippen molar-refractivity contribution in [2.24, 2.45) is 5.92 Å². The monoisotopic (exact) mass is 272 g/mol. The first-order chi connectivity index (χ1) is 8.11. The summed E-state index contributed by atoms with van der Waals surface area (Å²) < 4.78 is 5.32. The summed E-state index contributed by atoms with van der Waals surface area (Å²) in [5, 5.41) is 0.860. The summed E-state index contributed by atoms with van der Waals surface area (Å²) in [7, 11) is 0. The van der Waals surface area contributed by atoms with Gasteiger partial charge in [0, 0.05) is 18.1 Å². The number of carbonyl (C=O) groups is 1. The van der Waals surface area contributed by atoms with E-state index in [1.807, 2.05) is 6.92 Å². The van der Waals surface area contributed by atoms with E-state index in [-0.39, 0.29) is 5.78 Å². The molecule has 1 saturated carbocycles. The first kappa shape index (κ1) is 12.7. The number of benzene rings is 1. The Bertz CT molecular complexity index is 439. The van der Waals surface area contributed by atoms with Crippen molar-refractivity contribution in [1.29, 1.82) is 0 Å². The van der Waals surface area contributed by atoms with Gasteiger partial charge in [-0.15, -0.1) is 0 Å². The van der Waals surface area contributed by atoms with Gasteiger partial charge in [-0.3, -0.25) is 4.79 Å². The molecule has 0 heterocycles. The lowest BCUT2D eigenvalue weighted by Gasteiger charge is -2.09. The van der Waals surface area contributed by atoms with E-state index >= 15 is 0 Å². The molecule has 0 aliphatic heterocycles. The van der Waals surface area contributed by atoms with Crippen LogP contribution >= 0.6 is 23.2 Å². The van der Waals surface area contributed by atoms with Gasteiger partial charge in [0.1, 0.15) is 5.75 Å². The molecule has 0 radical (unpaired) electrons. The van der Waals surface area contributed by atoms with Crippen molar-refractivity contribution in [2.75, 3.05) is 6.61 Å². The Balaban J connectivity index is 2.21. The molecule has 2 rings (SSSR count). The second-order valence-corrected chi connectivity index (χ2v) is 5.08. The molecule has 0 saturated heterocycles. The summed E-state index contributed by atoms with van der Waals surface area (Å²) in [5.41, 5.74) is 0.506. The Morgan fingerprint density at radius 2 is 2.06 bits per heavy atom. The summed E-state index contributed by atoms with van der Waals surface area (Å²) in [6.45, 7) is 2.39. The van der Waals surface area contributed by atoms with Crippen molar-refractivity contribution in [3.8, 4) is 5.75 Å². The minimum Gasteiger partial charge on any atom is -0.492 e. The van der Waals surface area contributed by atoms with Gasteiger partial charge in [-0.1, -0.05) is 23.2 Å². The molecule has 0 N–H and O–H groups in total. The number of ether oxygens (including phenoxy) is 1. The SMILES string of the molecule is CCOc1cc(Cl)c(C(=O)CC2CC2)cc1Cl. The van der Waals surface area contributed by atoms with Crippen molar-refractivity contribution >= 4 is 29.0 Å². The van der Waals surface area contributed by atoms with E-state index in [2.05, 4.69) is 0 Å². The molecule has 92 valence electrons. The van der Waals surface area contributed by atoms with Crippen molar-refractivity contribution < 1.29 is 9.53 Å². The molecule has 1 aliphatic rings. The van der Waals surface area contributed by atoms with Gasteiger partial charge in [-0.25, -0.2) is 0 Å². The summed E-state index contributed by atoms with van der Waals surface area (Å²) in [5.74, 6) is 1.15. The van der Waals surface area contributed by atoms with Gasteiger partial charge >= 0.3 is 0 Å². The van der Waals surface area contributed by atoms with Crippen molar-refractivity contribution in [3.63, 3.8) is 0 Å². The second kappa shape index (κ2) is 5.28. The number of hydrogen-bond acceptors (Lipinski definition) is 2. The summed E-state index contributed by atoms with van der Waals surface area (Å²) in [6.07, 6.45) is 2.87. The number of carbonyl (C=O) groups excluding carboxylic acids is 1. The van der Waals surface area contributed by atoms with Crippen LogP contribution in [0.3, 0.4) is 0 Å². The molecular weight excluding hydrogens is 259 g/mol. The van der Waals surface area contributed by atoms with Crippen LogP contribution in [0.15, 0.2) is 12.1 Å². The molecule has 1 aromatic rings. The molecule has 0 amide bonds. The highest BCUT2D eigenvalue weighted by atomic mass is 35.5. The standard InChI is InChI=1S/C13H14Cl2O2/c1-2-17-13-7-10(14)9(6-11(13)15)12(16)5-8-3-4-8/h6-8H,2-5H2,1H3. The van der Waals surface area contributed by atoms with Crippen molar-refractivity contribution in [1.82, 2.24) is 0 Å². The van der Waals surface area contributed by atoms with Crippen LogP contribution in [0.2, 0.25) is 10.0 Å². The minimum absolute atomic E-state index is 0.0717. The van der Waals surface area contributed by atoms with Gasteiger partial charge < -0.3 is 4.74 Å². The van der Waals surface area contributed by atoms with Crippen molar-refractivity contribution in [3.05, 3.63) is 27.7 Å². The van der Waals surface area contributed by atoms with Crippen LogP contribution in [0.25, 0.3) is 0 Å².